The molecule has 1 amide bonds. The molecular formula is C13H15BrN2O4S. The van der Waals surface area contributed by atoms with E-state index in [1.165, 1.54) is 6.21 Å². The van der Waals surface area contributed by atoms with Gasteiger partial charge in [-0.1, -0.05) is 39.3 Å². The predicted molar refractivity (Wildman–Crippen MR) is 82.9 cm³/mol. The fourth-order valence-electron chi connectivity index (χ4n) is 1.95. The monoisotopic (exact) mass is 374 g/mol. The second kappa shape index (κ2) is 7.04. The maximum Gasteiger partial charge on any atom is 0.261 e. The normalized spacial score (nSPS) is 20.5. The minimum Gasteiger partial charge on any atom is -0.386 e. The Morgan fingerprint density at radius 2 is 2.24 bits per heavy atom. The molecule has 1 fully saturated rings. The van der Waals surface area contributed by atoms with Crippen LogP contribution in [-0.4, -0.2) is 44.7 Å². The maximum atomic E-state index is 11.6. The molecule has 8 heteroatoms. The van der Waals surface area contributed by atoms with Crippen molar-refractivity contribution in [2.75, 3.05) is 18.1 Å². The number of carbonyl (C=O) groups is 1. The van der Waals surface area contributed by atoms with Crippen LogP contribution in [0, 0.1) is 0 Å². The average Bonchev–Trinajstić information content (AvgIpc) is 2.76. The van der Waals surface area contributed by atoms with E-state index in [9.17, 15) is 13.2 Å². The van der Waals surface area contributed by atoms with Crippen LogP contribution in [0.2, 0.25) is 0 Å². The lowest BCUT2D eigenvalue weighted by atomic mass is 10.2. The number of halogens is 1. The Hall–Kier alpha value is -1.41. The van der Waals surface area contributed by atoms with Crippen LogP contribution < -0.4 is 5.32 Å². The van der Waals surface area contributed by atoms with Crippen LogP contribution in [0.25, 0.3) is 0 Å². The van der Waals surface area contributed by atoms with Gasteiger partial charge in [0, 0.05) is 16.1 Å². The average molecular weight is 375 g/mol. The van der Waals surface area contributed by atoms with E-state index in [1.54, 1.807) is 0 Å². The Kier molecular flexibility index (Phi) is 5.35. The van der Waals surface area contributed by atoms with Gasteiger partial charge in [-0.2, -0.15) is 0 Å². The Bertz CT molecular complexity index is 645. The van der Waals surface area contributed by atoms with Crippen LogP contribution in [-0.2, 0) is 19.5 Å². The molecule has 1 aromatic carbocycles. The zero-order chi connectivity index (χ0) is 15.3. The summed E-state index contributed by atoms with van der Waals surface area (Å²) in [6.07, 6.45) is 1.95. The molecule has 1 aliphatic rings. The third kappa shape index (κ3) is 5.13. The molecule has 1 atom stereocenters. The van der Waals surface area contributed by atoms with Crippen molar-refractivity contribution in [1.82, 2.24) is 5.32 Å². The molecule has 0 bridgehead atoms. The first-order valence-corrected chi connectivity index (χ1v) is 8.97. The number of sulfone groups is 1. The summed E-state index contributed by atoms with van der Waals surface area (Å²) >= 11 is 3.36. The molecule has 114 valence electrons. The van der Waals surface area contributed by atoms with E-state index < -0.39 is 9.84 Å². The number of amides is 1. The van der Waals surface area contributed by atoms with Gasteiger partial charge in [-0.15, -0.1) is 0 Å². The summed E-state index contributed by atoms with van der Waals surface area (Å²) in [5.74, 6) is -0.251. The van der Waals surface area contributed by atoms with Gasteiger partial charge in [-0.05, 0) is 12.5 Å². The molecular weight excluding hydrogens is 360 g/mol. The molecule has 0 saturated carbocycles. The molecule has 0 radical (unpaired) electrons. The van der Waals surface area contributed by atoms with Crippen molar-refractivity contribution in [3.63, 3.8) is 0 Å². The molecule has 1 saturated heterocycles. The topological polar surface area (TPSA) is 84.8 Å². The molecule has 0 spiro atoms. The lowest BCUT2D eigenvalue weighted by molar-refractivity contribution is -0.126. The minimum absolute atomic E-state index is 0.00102. The summed E-state index contributed by atoms with van der Waals surface area (Å²) in [4.78, 5) is 16.5. The number of hydrogen-bond acceptors (Lipinski definition) is 5. The van der Waals surface area contributed by atoms with E-state index in [1.807, 2.05) is 24.3 Å². The van der Waals surface area contributed by atoms with Crippen molar-refractivity contribution in [3.05, 3.63) is 34.3 Å². The highest BCUT2D eigenvalue weighted by molar-refractivity contribution is 9.10. The third-order valence-electron chi connectivity index (χ3n) is 2.96. The Morgan fingerprint density at radius 3 is 2.90 bits per heavy atom. The van der Waals surface area contributed by atoms with Gasteiger partial charge in [0.25, 0.3) is 5.91 Å². The van der Waals surface area contributed by atoms with Gasteiger partial charge < -0.3 is 10.2 Å². The summed E-state index contributed by atoms with van der Waals surface area (Å²) in [6, 6.07) is 7.14. The quantitative estimate of drug-likeness (QED) is 0.617. The first-order chi connectivity index (χ1) is 9.96. The van der Waals surface area contributed by atoms with Gasteiger partial charge in [0.1, 0.15) is 0 Å². The smallest absolute Gasteiger partial charge is 0.261 e. The number of benzene rings is 1. The molecule has 1 heterocycles. The molecule has 0 unspecified atom stereocenters. The number of nitrogens with one attached hydrogen (secondary N) is 1. The summed E-state index contributed by atoms with van der Waals surface area (Å²) in [7, 11) is -3.00. The van der Waals surface area contributed by atoms with E-state index in [2.05, 4.69) is 26.4 Å². The number of oxime groups is 1. The van der Waals surface area contributed by atoms with Crippen molar-refractivity contribution in [1.29, 1.82) is 0 Å². The molecule has 21 heavy (non-hydrogen) atoms. The van der Waals surface area contributed by atoms with Crippen LogP contribution in [0.15, 0.2) is 33.9 Å². The first kappa shape index (κ1) is 16.0. The highest BCUT2D eigenvalue weighted by Gasteiger charge is 2.28. The summed E-state index contributed by atoms with van der Waals surface area (Å²) in [6.45, 7) is -0.239. The largest absolute Gasteiger partial charge is 0.386 e. The zero-order valence-corrected chi connectivity index (χ0v) is 13.6. The predicted octanol–water partition coefficient (Wildman–Crippen LogP) is 1.10. The molecule has 0 aliphatic carbocycles. The van der Waals surface area contributed by atoms with Crippen LogP contribution in [0.4, 0.5) is 0 Å². The number of nitrogens with zero attached hydrogens (tertiary/aromatic N) is 1. The van der Waals surface area contributed by atoms with Crippen LogP contribution in [0.5, 0.6) is 0 Å². The fraction of sp³-hybridized carbons (Fsp3) is 0.385. The van der Waals surface area contributed by atoms with E-state index >= 15 is 0 Å². The molecule has 2 rings (SSSR count). The number of rotatable bonds is 5. The molecule has 1 aliphatic heterocycles. The Morgan fingerprint density at radius 1 is 1.48 bits per heavy atom. The molecule has 6 nitrogen and oxygen atoms in total. The van der Waals surface area contributed by atoms with Crippen LogP contribution in [0.1, 0.15) is 12.0 Å². The summed E-state index contributed by atoms with van der Waals surface area (Å²) in [5.41, 5.74) is 0.833. The third-order valence-corrected chi connectivity index (χ3v) is 5.45. The van der Waals surface area contributed by atoms with Crippen LogP contribution in [0.3, 0.4) is 0 Å². The first-order valence-electron chi connectivity index (χ1n) is 6.36. The number of hydrogen-bond donors (Lipinski definition) is 1. The van der Waals surface area contributed by atoms with E-state index in [0.717, 1.165) is 10.0 Å². The molecule has 0 aromatic heterocycles. The number of carbonyl (C=O) groups excluding carboxylic acids is 1. The highest BCUT2D eigenvalue weighted by Crippen LogP contribution is 2.13. The maximum absolute atomic E-state index is 11.6. The van der Waals surface area contributed by atoms with Gasteiger partial charge in [-0.3, -0.25) is 4.79 Å². The van der Waals surface area contributed by atoms with Gasteiger partial charge >= 0.3 is 0 Å². The van der Waals surface area contributed by atoms with E-state index in [-0.39, 0.29) is 30.1 Å². The van der Waals surface area contributed by atoms with Crippen molar-refractivity contribution < 1.29 is 18.0 Å². The van der Waals surface area contributed by atoms with Crippen molar-refractivity contribution >= 4 is 37.9 Å². The van der Waals surface area contributed by atoms with Crippen molar-refractivity contribution in [2.24, 2.45) is 5.16 Å². The lowest BCUT2D eigenvalue weighted by Crippen LogP contribution is -2.37. The van der Waals surface area contributed by atoms with Crippen molar-refractivity contribution in [2.45, 2.75) is 12.5 Å². The van der Waals surface area contributed by atoms with Gasteiger partial charge in [0.15, 0.2) is 16.4 Å². The van der Waals surface area contributed by atoms with Gasteiger partial charge in [-0.25, -0.2) is 8.42 Å². The fourth-order valence-corrected chi connectivity index (χ4v) is 4.01. The van der Waals surface area contributed by atoms with E-state index in [4.69, 9.17) is 4.84 Å². The second-order valence-electron chi connectivity index (χ2n) is 4.70. The van der Waals surface area contributed by atoms with Crippen LogP contribution >= 0.6 is 15.9 Å². The van der Waals surface area contributed by atoms with Gasteiger partial charge in [0.05, 0.1) is 17.7 Å². The summed E-state index contributed by atoms with van der Waals surface area (Å²) < 4.78 is 23.4. The Labute approximate surface area is 131 Å². The summed E-state index contributed by atoms with van der Waals surface area (Å²) in [5, 5.41) is 6.33. The minimum atomic E-state index is -3.00. The molecule has 1 aromatic rings. The Balaban J connectivity index is 1.74. The molecule has 1 N–H and O–H groups in total. The van der Waals surface area contributed by atoms with Gasteiger partial charge in [0.2, 0.25) is 0 Å². The highest BCUT2D eigenvalue weighted by atomic mass is 79.9. The zero-order valence-electron chi connectivity index (χ0n) is 11.2. The van der Waals surface area contributed by atoms with E-state index in [0.29, 0.717) is 6.42 Å². The second-order valence-corrected chi connectivity index (χ2v) is 7.78. The van der Waals surface area contributed by atoms with Crippen molar-refractivity contribution in [3.8, 4) is 0 Å². The SMILES string of the molecule is O=C(CO/N=C\c1ccccc1Br)N[C@H]1CCS(=O)(=O)C1. The standard InChI is InChI=1S/C13H15BrN2O4S/c14-12-4-2-1-3-10(12)7-15-20-8-13(17)16-11-5-6-21(18,19)9-11/h1-4,7,11H,5-6,8-9H2,(H,16,17)/b15-7-/t11-/m0/s1. The lowest BCUT2D eigenvalue weighted by Gasteiger charge is -2.09.